The van der Waals surface area contributed by atoms with Crippen molar-refractivity contribution in [2.75, 3.05) is 6.54 Å². The predicted molar refractivity (Wildman–Crippen MR) is 62.3 cm³/mol. The minimum Gasteiger partial charge on any atom is -0.385 e. The number of carbonyl (C=O) groups is 1. The first-order valence-electron chi connectivity index (χ1n) is 5.99. The number of nitrogens with one attached hydrogen (secondary N) is 1. The molecule has 0 saturated heterocycles. The van der Waals surface area contributed by atoms with Crippen LogP contribution in [0.5, 0.6) is 0 Å². The van der Waals surface area contributed by atoms with Crippen molar-refractivity contribution >= 4 is 5.91 Å². The SMILES string of the molecule is O=C(NCCc1ccccc1C1(O)CC1)C(F)(F)F. The highest BCUT2D eigenvalue weighted by molar-refractivity contribution is 5.81. The van der Waals surface area contributed by atoms with Crippen molar-refractivity contribution in [3.63, 3.8) is 0 Å². The molecule has 1 amide bonds. The Morgan fingerprint density at radius 1 is 1.32 bits per heavy atom. The topological polar surface area (TPSA) is 49.3 Å². The number of aliphatic hydroxyl groups is 1. The van der Waals surface area contributed by atoms with Crippen LogP contribution in [0.1, 0.15) is 24.0 Å². The molecular weight excluding hydrogens is 259 g/mol. The number of carbonyl (C=O) groups excluding carboxylic acids is 1. The highest BCUT2D eigenvalue weighted by Crippen LogP contribution is 2.46. The van der Waals surface area contributed by atoms with E-state index in [2.05, 4.69) is 0 Å². The monoisotopic (exact) mass is 273 g/mol. The highest BCUT2D eigenvalue weighted by Gasteiger charge is 2.43. The normalized spacial score (nSPS) is 17.1. The molecule has 0 unspecified atom stereocenters. The smallest absolute Gasteiger partial charge is 0.385 e. The molecular formula is C13H14F3NO2. The molecule has 1 aromatic carbocycles. The molecule has 0 aromatic heterocycles. The molecule has 2 N–H and O–H groups in total. The maximum absolute atomic E-state index is 12.0. The molecule has 0 heterocycles. The van der Waals surface area contributed by atoms with E-state index in [1.54, 1.807) is 24.3 Å². The van der Waals surface area contributed by atoms with Gasteiger partial charge in [0.15, 0.2) is 0 Å². The fraction of sp³-hybridized carbons (Fsp3) is 0.462. The van der Waals surface area contributed by atoms with E-state index in [0.29, 0.717) is 12.8 Å². The van der Waals surface area contributed by atoms with Gasteiger partial charge in [0, 0.05) is 6.54 Å². The number of alkyl halides is 3. The first kappa shape index (κ1) is 13.9. The fourth-order valence-corrected chi connectivity index (χ4v) is 1.99. The number of amides is 1. The second-order valence-corrected chi connectivity index (χ2v) is 4.69. The minimum atomic E-state index is -4.85. The minimum absolute atomic E-state index is 0.106. The second-order valence-electron chi connectivity index (χ2n) is 4.69. The number of hydrogen-bond donors (Lipinski definition) is 2. The first-order chi connectivity index (χ1) is 8.83. The van der Waals surface area contributed by atoms with E-state index >= 15 is 0 Å². The summed E-state index contributed by atoms with van der Waals surface area (Å²) in [4.78, 5) is 10.7. The van der Waals surface area contributed by atoms with E-state index in [1.165, 1.54) is 0 Å². The van der Waals surface area contributed by atoms with Crippen LogP contribution in [0.4, 0.5) is 13.2 Å². The van der Waals surface area contributed by atoms with Gasteiger partial charge in [-0.15, -0.1) is 0 Å². The third-order valence-corrected chi connectivity index (χ3v) is 3.18. The van der Waals surface area contributed by atoms with Crippen LogP contribution in [-0.2, 0) is 16.8 Å². The lowest BCUT2D eigenvalue weighted by Crippen LogP contribution is -2.37. The van der Waals surface area contributed by atoms with E-state index in [0.717, 1.165) is 11.1 Å². The van der Waals surface area contributed by atoms with Gasteiger partial charge in [-0.05, 0) is 30.4 Å². The van der Waals surface area contributed by atoms with Gasteiger partial charge in [0.05, 0.1) is 5.60 Å². The van der Waals surface area contributed by atoms with Gasteiger partial charge in [-0.1, -0.05) is 24.3 Å². The molecule has 1 aromatic rings. The molecule has 1 aliphatic rings. The number of benzene rings is 1. The van der Waals surface area contributed by atoms with Gasteiger partial charge in [0.25, 0.3) is 0 Å². The Bertz CT molecular complexity index is 481. The standard InChI is InChI=1S/C13H14F3NO2/c14-13(15,16)11(18)17-8-5-9-3-1-2-4-10(9)12(19)6-7-12/h1-4,19H,5-8H2,(H,17,18). The summed E-state index contributed by atoms with van der Waals surface area (Å²) < 4.78 is 36.0. The largest absolute Gasteiger partial charge is 0.471 e. The predicted octanol–water partition coefficient (Wildman–Crippen LogP) is 1.89. The van der Waals surface area contributed by atoms with Crippen molar-refractivity contribution < 1.29 is 23.1 Å². The van der Waals surface area contributed by atoms with Crippen molar-refractivity contribution in [1.29, 1.82) is 0 Å². The van der Waals surface area contributed by atoms with Gasteiger partial charge in [0.2, 0.25) is 0 Å². The molecule has 3 nitrogen and oxygen atoms in total. The lowest BCUT2D eigenvalue weighted by atomic mass is 9.98. The van der Waals surface area contributed by atoms with Crippen LogP contribution in [0.2, 0.25) is 0 Å². The van der Waals surface area contributed by atoms with Gasteiger partial charge >= 0.3 is 12.1 Å². The maximum Gasteiger partial charge on any atom is 0.471 e. The molecule has 2 rings (SSSR count). The molecule has 1 saturated carbocycles. The lowest BCUT2D eigenvalue weighted by molar-refractivity contribution is -0.173. The first-order valence-corrected chi connectivity index (χ1v) is 5.99. The van der Waals surface area contributed by atoms with Crippen LogP contribution in [-0.4, -0.2) is 23.7 Å². The number of rotatable bonds is 4. The van der Waals surface area contributed by atoms with Crippen molar-refractivity contribution in [2.24, 2.45) is 0 Å². The molecule has 0 bridgehead atoms. The van der Waals surface area contributed by atoms with Crippen LogP contribution in [0.25, 0.3) is 0 Å². The molecule has 0 aliphatic heterocycles. The summed E-state index contributed by atoms with van der Waals surface area (Å²) in [5.74, 6) is -1.94. The third-order valence-electron chi connectivity index (χ3n) is 3.18. The molecule has 1 fully saturated rings. The molecule has 104 valence electrons. The Hall–Kier alpha value is -1.56. The van der Waals surface area contributed by atoms with E-state index in [-0.39, 0.29) is 13.0 Å². The van der Waals surface area contributed by atoms with Gasteiger partial charge < -0.3 is 10.4 Å². The average Bonchev–Trinajstić information content (AvgIpc) is 3.08. The summed E-state index contributed by atoms with van der Waals surface area (Å²) in [7, 11) is 0. The van der Waals surface area contributed by atoms with E-state index < -0.39 is 17.7 Å². The summed E-state index contributed by atoms with van der Waals surface area (Å²) in [6.07, 6.45) is -3.26. The molecule has 0 radical (unpaired) electrons. The highest BCUT2D eigenvalue weighted by atomic mass is 19.4. The van der Waals surface area contributed by atoms with Gasteiger partial charge in [0.1, 0.15) is 0 Å². The van der Waals surface area contributed by atoms with Crippen LogP contribution in [0, 0.1) is 0 Å². The van der Waals surface area contributed by atoms with Crippen molar-refractivity contribution in [3.05, 3.63) is 35.4 Å². The maximum atomic E-state index is 12.0. The summed E-state index contributed by atoms with van der Waals surface area (Å²) >= 11 is 0. The van der Waals surface area contributed by atoms with Crippen LogP contribution in [0.3, 0.4) is 0 Å². The van der Waals surface area contributed by atoms with Gasteiger partial charge in [-0.25, -0.2) is 0 Å². The zero-order valence-corrected chi connectivity index (χ0v) is 10.1. The van der Waals surface area contributed by atoms with Crippen molar-refractivity contribution in [3.8, 4) is 0 Å². The molecule has 19 heavy (non-hydrogen) atoms. The molecule has 0 spiro atoms. The fourth-order valence-electron chi connectivity index (χ4n) is 1.99. The van der Waals surface area contributed by atoms with Crippen LogP contribution in [0.15, 0.2) is 24.3 Å². The third kappa shape index (κ3) is 3.26. The average molecular weight is 273 g/mol. The number of halogens is 3. The Morgan fingerprint density at radius 3 is 2.53 bits per heavy atom. The Balaban J connectivity index is 1.96. The van der Waals surface area contributed by atoms with E-state index in [9.17, 15) is 23.1 Å². The number of hydrogen-bond acceptors (Lipinski definition) is 2. The Kier molecular flexibility index (Phi) is 3.54. The van der Waals surface area contributed by atoms with Gasteiger partial charge in [-0.3, -0.25) is 4.79 Å². The Morgan fingerprint density at radius 2 is 1.95 bits per heavy atom. The van der Waals surface area contributed by atoms with Crippen molar-refractivity contribution in [1.82, 2.24) is 5.32 Å². The quantitative estimate of drug-likeness (QED) is 0.880. The van der Waals surface area contributed by atoms with Crippen LogP contribution >= 0.6 is 0 Å². The molecule has 0 atom stereocenters. The zero-order valence-electron chi connectivity index (χ0n) is 10.1. The summed E-state index contributed by atoms with van der Waals surface area (Å²) in [6, 6.07) is 7.07. The summed E-state index contributed by atoms with van der Waals surface area (Å²) in [5.41, 5.74) is 0.686. The zero-order chi connectivity index (χ0) is 14.1. The second kappa shape index (κ2) is 4.85. The molecule has 1 aliphatic carbocycles. The Labute approximate surface area is 108 Å². The summed E-state index contributed by atoms with van der Waals surface area (Å²) in [5, 5.41) is 11.9. The van der Waals surface area contributed by atoms with Crippen molar-refractivity contribution in [2.45, 2.75) is 31.0 Å². The van der Waals surface area contributed by atoms with E-state index in [1.807, 2.05) is 5.32 Å². The van der Waals surface area contributed by atoms with Gasteiger partial charge in [-0.2, -0.15) is 13.2 Å². The molecule has 6 heteroatoms. The summed E-state index contributed by atoms with van der Waals surface area (Å²) in [6.45, 7) is -0.106. The lowest BCUT2D eigenvalue weighted by Gasteiger charge is -2.14. The van der Waals surface area contributed by atoms with E-state index in [4.69, 9.17) is 0 Å². The van der Waals surface area contributed by atoms with Crippen LogP contribution < -0.4 is 5.32 Å².